The third-order valence-corrected chi connectivity index (χ3v) is 4.90. The number of rotatable bonds is 9. The fourth-order valence-electron chi connectivity index (χ4n) is 3.39. The summed E-state index contributed by atoms with van der Waals surface area (Å²) in [6.45, 7) is 9.07. The molecule has 0 spiro atoms. The van der Waals surface area contributed by atoms with Crippen LogP contribution in [0.4, 0.5) is 0 Å². The summed E-state index contributed by atoms with van der Waals surface area (Å²) in [5.41, 5.74) is 0.455. The van der Waals surface area contributed by atoms with E-state index in [4.69, 9.17) is 4.84 Å². The average molecular weight is 403 g/mol. The van der Waals surface area contributed by atoms with Crippen molar-refractivity contribution in [3.63, 3.8) is 0 Å². The normalized spacial score (nSPS) is 20.0. The van der Waals surface area contributed by atoms with E-state index in [9.17, 15) is 19.2 Å². The first-order valence-corrected chi connectivity index (χ1v) is 9.81. The maximum absolute atomic E-state index is 12.3. The molecule has 156 valence electrons. The highest BCUT2D eigenvalue weighted by atomic mass is 16.7. The average Bonchev–Trinajstić information content (AvgIpc) is 3.24. The van der Waals surface area contributed by atoms with Gasteiger partial charge >= 0.3 is 5.97 Å². The van der Waals surface area contributed by atoms with Crippen LogP contribution in [0.5, 0.6) is 0 Å². The Morgan fingerprint density at radius 1 is 1.18 bits per heavy atom. The van der Waals surface area contributed by atoms with Crippen molar-refractivity contribution in [2.75, 3.05) is 19.6 Å². The Labute approximate surface area is 165 Å². The van der Waals surface area contributed by atoms with Crippen LogP contribution in [-0.2, 0) is 24.0 Å². The fraction of sp³-hybridized carbons (Fsp3) is 0.684. The summed E-state index contributed by atoms with van der Waals surface area (Å²) < 4.78 is 0. The maximum atomic E-state index is 12.3. The Kier molecular flexibility index (Phi) is 7.98. The molecule has 2 saturated heterocycles. The monoisotopic (exact) mass is 403 g/mol. The molecule has 0 aromatic rings. The summed E-state index contributed by atoms with van der Waals surface area (Å²) in [6.07, 6.45) is 2.68. The van der Waals surface area contributed by atoms with Crippen molar-refractivity contribution >= 4 is 23.7 Å². The minimum Gasteiger partial charge on any atom is -0.355 e. The zero-order chi connectivity index (χ0) is 20.7. The molecule has 28 heavy (non-hydrogen) atoms. The Hall–Kier alpha value is -2.42. The van der Waals surface area contributed by atoms with Gasteiger partial charge in [0, 0.05) is 32.0 Å². The lowest BCUT2D eigenvalue weighted by Gasteiger charge is -2.27. The lowest BCUT2D eigenvalue weighted by Crippen LogP contribution is -2.46. The Morgan fingerprint density at radius 2 is 1.89 bits per heavy atom. The van der Waals surface area contributed by atoms with Crippen LogP contribution in [0.3, 0.4) is 0 Å². The first-order valence-electron chi connectivity index (χ1n) is 9.81. The first-order chi connectivity index (χ1) is 13.3. The number of allylic oxidation sites excluding steroid dienone is 1. The molecule has 0 aromatic heterocycles. The molecule has 0 bridgehead atoms. The second-order valence-electron chi connectivity index (χ2n) is 7.35. The van der Waals surface area contributed by atoms with E-state index in [2.05, 4.69) is 36.0 Å². The summed E-state index contributed by atoms with van der Waals surface area (Å²) in [7, 11) is 0. The lowest BCUT2D eigenvalue weighted by atomic mass is 10.3. The third kappa shape index (κ3) is 6.05. The van der Waals surface area contributed by atoms with Gasteiger partial charge in [-0.15, -0.1) is 5.06 Å². The van der Waals surface area contributed by atoms with Crippen molar-refractivity contribution < 1.29 is 24.0 Å². The lowest BCUT2D eigenvalue weighted by molar-refractivity contribution is -0.186. The van der Waals surface area contributed by atoms with Gasteiger partial charge in [0.15, 0.2) is 0 Å². The molecule has 1 unspecified atom stereocenters. The molecule has 1 atom stereocenters. The van der Waals surface area contributed by atoms with E-state index < -0.39 is 5.97 Å². The molecule has 2 rings (SSSR count). The molecule has 0 saturated carbocycles. The van der Waals surface area contributed by atoms with Gasteiger partial charge in [-0.1, -0.05) is 6.58 Å². The number of nitrogens with one attached hydrogen (secondary N) is 2. The largest absolute Gasteiger partial charge is 0.355 e. The number of hydrogen-bond donors (Lipinski definition) is 2. The molecule has 9 nitrogen and oxygen atoms in total. The van der Waals surface area contributed by atoms with Crippen LogP contribution >= 0.6 is 0 Å². The van der Waals surface area contributed by atoms with Crippen molar-refractivity contribution in [3.05, 3.63) is 12.3 Å². The number of likely N-dealkylation sites (tertiary alicyclic amines) is 1. The van der Waals surface area contributed by atoms with Crippen LogP contribution in [0.1, 0.15) is 52.4 Å². The Bertz CT molecular complexity index is 618. The van der Waals surface area contributed by atoms with Gasteiger partial charge in [0.2, 0.25) is 11.8 Å². The molecule has 0 radical (unpaired) electrons. The molecule has 2 fully saturated rings. The van der Waals surface area contributed by atoms with Gasteiger partial charge in [0.05, 0.1) is 18.2 Å². The first kappa shape index (κ1) is 21.9. The van der Waals surface area contributed by atoms with Crippen LogP contribution in [0, 0.1) is 0 Å². The van der Waals surface area contributed by atoms with Crippen molar-refractivity contribution in [1.29, 1.82) is 0 Å². The quantitative estimate of drug-likeness (QED) is 0.428. The number of hydrogen-bond acceptors (Lipinski definition) is 6. The standard InChI is InChI=1S/C19H30N4O5/c1-13(2)22-12-4-5-15(22)19(27)21-10-8-16(24)20-11-9-18(26)28-23-14(3)6-7-17(23)25/h13,15H,3-12H2,1-2H3,(H,20,24)(H,21,27)/i1+1,2+1,4+1,5+1,12+1,13+1,15+1,20+1,21+1. The van der Waals surface area contributed by atoms with Crippen LogP contribution in [0.25, 0.3) is 0 Å². The maximum Gasteiger partial charge on any atom is 0.334 e. The molecule has 2 heterocycles. The van der Waals surface area contributed by atoms with E-state index in [0.717, 1.165) is 24.4 Å². The predicted octanol–water partition coefficient (Wildman–Crippen LogP) is 0.466. The number of amides is 3. The number of carbonyl (C=O) groups excluding carboxylic acids is 4. The van der Waals surface area contributed by atoms with Crippen LogP contribution < -0.4 is 10.6 Å². The molecule has 9 heteroatoms. The van der Waals surface area contributed by atoms with Crippen LogP contribution in [0.15, 0.2) is 12.3 Å². The van der Waals surface area contributed by atoms with E-state index in [0.29, 0.717) is 18.2 Å². The molecular formula is C19H30N4O5. The summed E-state index contributed by atoms with van der Waals surface area (Å²) in [4.78, 5) is 54.5. The highest BCUT2D eigenvalue weighted by molar-refractivity contribution is 5.83. The highest BCUT2D eigenvalue weighted by Gasteiger charge is 2.32. The Morgan fingerprint density at radius 3 is 2.54 bits per heavy atom. The summed E-state index contributed by atoms with van der Waals surface area (Å²) >= 11 is 0. The van der Waals surface area contributed by atoms with E-state index in [-0.39, 0.29) is 56.1 Å². The molecule has 2 N–H and O–H groups in total. The number of hydroxylamine groups is 2. The smallest absolute Gasteiger partial charge is 0.334 e. The third-order valence-electron chi connectivity index (χ3n) is 4.90. The van der Waals surface area contributed by atoms with E-state index in [1.165, 1.54) is 0 Å². The molecular weight excluding hydrogens is 373 g/mol. The molecule has 0 aromatic carbocycles. The fourth-order valence-corrected chi connectivity index (χ4v) is 3.39. The highest BCUT2D eigenvalue weighted by Crippen LogP contribution is 2.21. The van der Waals surface area contributed by atoms with Gasteiger partial charge in [-0.3, -0.25) is 19.3 Å². The van der Waals surface area contributed by atoms with E-state index >= 15 is 0 Å². The molecule has 2 aliphatic rings. The van der Waals surface area contributed by atoms with Crippen molar-refractivity contribution in [2.24, 2.45) is 0 Å². The minimum atomic E-state index is -0.611. The van der Waals surface area contributed by atoms with Gasteiger partial charge in [0.25, 0.3) is 5.91 Å². The molecule has 3 amide bonds. The summed E-state index contributed by atoms with van der Waals surface area (Å²) in [5.74, 6) is -1.21. The Balaban J connectivity index is 1.58. The van der Waals surface area contributed by atoms with Gasteiger partial charge in [0.1, 0.15) is 0 Å². The minimum absolute atomic E-state index is 0.0434. The van der Waals surface area contributed by atoms with E-state index in [1.807, 2.05) is 0 Å². The van der Waals surface area contributed by atoms with Crippen molar-refractivity contribution in [3.8, 4) is 0 Å². The predicted molar refractivity (Wildman–Crippen MR) is 101 cm³/mol. The van der Waals surface area contributed by atoms with Gasteiger partial charge < -0.3 is 15.5 Å². The van der Waals surface area contributed by atoms with Gasteiger partial charge in [-0.25, -0.2) is 4.79 Å². The SMILES string of the molecule is C=C1CCC(=O)N1OC(=O)CC[15NH]C(=O)CC[15NH]C(=O)[13CH]1[13CH2][13CH2][13CH2]N1[13CH]([13CH3])[13CH3]. The van der Waals surface area contributed by atoms with Gasteiger partial charge in [-0.05, 0) is 39.7 Å². The van der Waals surface area contributed by atoms with Gasteiger partial charge in [-0.2, -0.15) is 0 Å². The molecule has 2 aliphatic heterocycles. The number of nitrogens with zero attached hydrogens (tertiary/aromatic N) is 2. The van der Waals surface area contributed by atoms with Crippen molar-refractivity contribution in [2.45, 2.75) is 64.5 Å². The van der Waals surface area contributed by atoms with Crippen LogP contribution in [0.2, 0.25) is 0 Å². The second kappa shape index (κ2) is 10.2. The van der Waals surface area contributed by atoms with Crippen LogP contribution in [-0.4, -0.2) is 65.4 Å². The zero-order valence-corrected chi connectivity index (χ0v) is 16.7. The summed E-state index contributed by atoms with van der Waals surface area (Å²) in [5, 5.41) is 6.33. The number of carbonyl (C=O) groups is 4. The molecule has 0 aliphatic carbocycles. The zero-order valence-electron chi connectivity index (χ0n) is 16.7. The van der Waals surface area contributed by atoms with E-state index in [1.54, 1.807) is 0 Å². The topological polar surface area (TPSA) is 108 Å². The second-order valence-corrected chi connectivity index (χ2v) is 7.35. The van der Waals surface area contributed by atoms with Crippen molar-refractivity contribution in [1.82, 2.24) is 20.6 Å². The summed E-state index contributed by atoms with van der Waals surface area (Å²) in [6, 6.07) is 0.190.